The molecule has 17 heavy (non-hydrogen) atoms. The van der Waals surface area contributed by atoms with Gasteiger partial charge in [0.25, 0.3) is 0 Å². The lowest BCUT2D eigenvalue weighted by atomic mass is 10.2. The van der Waals surface area contributed by atoms with E-state index >= 15 is 0 Å². The van der Waals surface area contributed by atoms with Crippen molar-refractivity contribution in [2.75, 3.05) is 6.26 Å². The molecular formula is C11H7Cl2NOS2. The lowest BCUT2D eigenvalue weighted by molar-refractivity contribution is -0.107. The number of rotatable bonds is 1. The molecule has 1 aliphatic rings. The highest BCUT2D eigenvalue weighted by Crippen LogP contribution is 2.31. The maximum absolute atomic E-state index is 11.6. The first kappa shape index (κ1) is 13.0. The Morgan fingerprint density at radius 1 is 1.41 bits per heavy atom. The summed E-state index contributed by atoms with van der Waals surface area (Å²) in [6.07, 6.45) is 3.56. The molecule has 1 aliphatic heterocycles. The van der Waals surface area contributed by atoms with Crippen LogP contribution in [0.3, 0.4) is 0 Å². The van der Waals surface area contributed by atoms with Crippen LogP contribution >= 0.6 is 46.7 Å². The van der Waals surface area contributed by atoms with E-state index in [1.165, 1.54) is 11.8 Å². The fourth-order valence-corrected chi connectivity index (χ4v) is 2.97. The van der Waals surface area contributed by atoms with Crippen molar-refractivity contribution in [1.29, 1.82) is 0 Å². The van der Waals surface area contributed by atoms with Crippen LogP contribution < -0.4 is 0 Å². The van der Waals surface area contributed by atoms with Gasteiger partial charge in [-0.05, 0) is 41.8 Å². The predicted molar refractivity (Wildman–Crippen MR) is 78.0 cm³/mol. The molecule has 1 aromatic rings. The molecule has 88 valence electrons. The van der Waals surface area contributed by atoms with E-state index in [1.807, 2.05) is 6.26 Å². The molecule has 6 heteroatoms. The molecule has 0 fully saturated rings. The molecule has 2 rings (SSSR count). The Morgan fingerprint density at radius 2 is 2.18 bits per heavy atom. The van der Waals surface area contributed by atoms with Gasteiger partial charge in [-0.25, -0.2) is 4.99 Å². The van der Waals surface area contributed by atoms with Crippen molar-refractivity contribution >= 4 is 62.3 Å². The molecular weight excluding hydrogens is 297 g/mol. The van der Waals surface area contributed by atoms with Gasteiger partial charge in [0, 0.05) is 10.0 Å². The molecule has 0 aromatic heterocycles. The van der Waals surface area contributed by atoms with Crippen molar-refractivity contribution in [3.63, 3.8) is 0 Å². The van der Waals surface area contributed by atoms with Crippen LogP contribution in [-0.2, 0) is 4.79 Å². The first-order chi connectivity index (χ1) is 8.10. The van der Waals surface area contributed by atoms with E-state index < -0.39 is 0 Å². The highest BCUT2D eigenvalue weighted by atomic mass is 35.5. The van der Waals surface area contributed by atoms with Crippen LogP contribution in [0, 0.1) is 0 Å². The molecule has 0 amide bonds. The van der Waals surface area contributed by atoms with Gasteiger partial charge in [0.05, 0.1) is 0 Å². The van der Waals surface area contributed by atoms with E-state index in [2.05, 4.69) is 4.99 Å². The number of thioether (sulfide) groups is 2. The second-order valence-electron chi connectivity index (χ2n) is 3.17. The summed E-state index contributed by atoms with van der Waals surface area (Å²) in [6.45, 7) is 0. The van der Waals surface area contributed by atoms with Crippen molar-refractivity contribution in [3.05, 3.63) is 39.5 Å². The Bertz CT molecular complexity index is 540. The van der Waals surface area contributed by atoms with E-state index in [4.69, 9.17) is 23.2 Å². The number of carbonyl (C=O) groups is 1. The average Bonchev–Trinajstić information content (AvgIpc) is 2.64. The zero-order valence-corrected chi connectivity index (χ0v) is 11.9. The Balaban J connectivity index is 2.36. The molecule has 0 saturated carbocycles. The van der Waals surface area contributed by atoms with Crippen LogP contribution in [0.25, 0.3) is 6.08 Å². The molecule has 0 unspecified atom stereocenters. The molecule has 0 atom stereocenters. The second kappa shape index (κ2) is 5.48. The zero-order chi connectivity index (χ0) is 12.4. The van der Waals surface area contributed by atoms with Gasteiger partial charge in [0.15, 0.2) is 0 Å². The van der Waals surface area contributed by atoms with Gasteiger partial charge in [-0.3, -0.25) is 4.79 Å². The highest BCUT2D eigenvalue weighted by molar-refractivity contribution is 8.45. The van der Waals surface area contributed by atoms with Gasteiger partial charge in [-0.15, -0.1) is 11.8 Å². The molecule has 0 spiro atoms. The number of halogens is 2. The summed E-state index contributed by atoms with van der Waals surface area (Å²) in [6, 6.07) is 5.13. The third-order valence-corrected chi connectivity index (χ3v) is 4.44. The monoisotopic (exact) mass is 303 g/mol. The van der Waals surface area contributed by atoms with Gasteiger partial charge < -0.3 is 0 Å². The summed E-state index contributed by atoms with van der Waals surface area (Å²) < 4.78 is 0.756. The van der Waals surface area contributed by atoms with Crippen molar-refractivity contribution in [1.82, 2.24) is 0 Å². The molecule has 0 bridgehead atoms. The number of hydrogen-bond donors (Lipinski definition) is 0. The summed E-state index contributed by atoms with van der Waals surface area (Å²) >= 11 is 14.4. The van der Waals surface area contributed by atoms with E-state index in [1.54, 1.807) is 24.3 Å². The van der Waals surface area contributed by atoms with Gasteiger partial charge >= 0.3 is 0 Å². The smallest absolute Gasteiger partial charge is 0.244 e. The zero-order valence-electron chi connectivity index (χ0n) is 8.74. The summed E-state index contributed by atoms with van der Waals surface area (Å²) in [4.78, 5) is 15.8. The Morgan fingerprint density at radius 3 is 2.76 bits per heavy atom. The Labute approximate surface area is 117 Å². The first-order valence-electron chi connectivity index (χ1n) is 4.62. The van der Waals surface area contributed by atoms with E-state index in [0.29, 0.717) is 15.7 Å². The predicted octanol–water partition coefficient (Wildman–Crippen LogP) is 4.33. The van der Waals surface area contributed by atoms with Gasteiger partial charge in [0.2, 0.25) is 5.12 Å². The van der Waals surface area contributed by atoms with Crippen molar-refractivity contribution < 1.29 is 4.79 Å². The minimum absolute atomic E-state index is 0.0552. The maximum Gasteiger partial charge on any atom is 0.244 e. The van der Waals surface area contributed by atoms with E-state index in [0.717, 1.165) is 21.7 Å². The molecule has 0 aliphatic carbocycles. The standard InChI is InChI=1S/C11H7Cl2NOS2/c1-16-11-14-9(10(15)17-11)4-6-2-3-7(12)5-8(6)13/h2-5H,1H3. The normalized spacial score (nSPS) is 17.7. The number of nitrogens with zero attached hydrogens (tertiary/aromatic N) is 1. The molecule has 2 nitrogen and oxygen atoms in total. The van der Waals surface area contributed by atoms with E-state index in [9.17, 15) is 4.79 Å². The quantitative estimate of drug-likeness (QED) is 0.723. The third-order valence-electron chi connectivity index (χ3n) is 2.03. The molecule has 0 N–H and O–H groups in total. The fraction of sp³-hybridized carbons (Fsp3) is 0.0909. The Hall–Kier alpha value is -0.420. The number of carbonyl (C=O) groups excluding carboxylic acids is 1. The highest BCUT2D eigenvalue weighted by Gasteiger charge is 2.21. The molecule has 1 aromatic carbocycles. The topological polar surface area (TPSA) is 29.4 Å². The van der Waals surface area contributed by atoms with Crippen LogP contribution in [0.1, 0.15) is 5.56 Å². The van der Waals surface area contributed by atoms with Crippen LogP contribution in [0.5, 0.6) is 0 Å². The average molecular weight is 304 g/mol. The summed E-state index contributed by atoms with van der Waals surface area (Å²) in [7, 11) is 0. The third kappa shape index (κ3) is 3.07. The largest absolute Gasteiger partial charge is 0.279 e. The molecule has 1 heterocycles. The van der Waals surface area contributed by atoms with Crippen LogP contribution in [0.2, 0.25) is 10.0 Å². The lowest BCUT2D eigenvalue weighted by Gasteiger charge is -1.99. The molecule has 0 saturated heterocycles. The maximum atomic E-state index is 11.6. The molecule has 0 radical (unpaired) electrons. The van der Waals surface area contributed by atoms with Crippen molar-refractivity contribution in [2.24, 2.45) is 4.99 Å². The van der Waals surface area contributed by atoms with Crippen LogP contribution in [0.15, 0.2) is 28.9 Å². The van der Waals surface area contributed by atoms with Gasteiger partial charge in [0.1, 0.15) is 10.1 Å². The number of benzene rings is 1. The summed E-state index contributed by atoms with van der Waals surface area (Å²) in [5.74, 6) is 0. The number of aliphatic imine (C=N–C) groups is 1. The lowest BCUT2D eigenvalue weighted by Crippen LogP contribution is -1.88. The fourth-order valence-electron chi connectivity index (χ4n) is 1.24. The van der Waals surface area contributed by atoms with Crippen LogP contribution in [-0.4, -0.2) is 15.7 Å². The van der Waals surface area contributed by atoms with Crippen LogP contribution in [0.4, 0.5) is 0 Å². The van der Waals surface area contributed by atoms with Gasteiger partial charge in [-0.1, -0.05) is 29.3 Å². The second-order valence-corrected chi connectivity index (χ2v) is 6.03. The Kier molecular flexibility index (Phi) is 4.20. The van der Waals surface area contributed by atoms with Crippen molar-refractivity contribution in [3.8, 4) is 0 Å². The number of hydrogen-bond acceptors (Lipinski definition) is 4. The SMILES string of the molecule is CSC1=NC(=Cc2ccc(Cl)cc2Cl)C(=O)S1. The summed E-state index contributed by atoms with van der Waals surface area (Å²) in [5, 5.41) is 1.02. The summed E-state index contributed by atoms with van der Waals surface area (Å²) in [5.41, 5.74) is 1.16. The van der Waals surface area contributed by atoms with Crippen molar-refractivity contribution in [2.45, 2.75) is 0 Å². The minimum Gasteiger partial charge on any atom is -0.279 e. The minimum atomic E-state index is -0.0552. The van der Waals surface area contributed by atoms with E-state index in [-0.39, 0.29) is 5.12 Å². The first-order valence-corrected chi connectivity index (χ1v) is 7.41. The van der Waals surface area contributed by atoms with Gasteiger partial charge in [-0.2, -0.15) is 0 Å².